The molecule has 3 rings (SSSR count). The monoisotopic (exact) mass is 348 g/mol. The van der Waals surface area contributed by atoms with Gasteiger partial charge in [0.15, 0.2) is 5.16 Å². The average Bonchev–Trinajstić information content (AvgIpc) is 3.14. The van der Waals surface area contributed by atoms with Gasteiger partial charge in [0.2, 0.25) is 5.91 Å². The third kappa shape index (κ3) is 3.48. The lowest BCUT2D eigenvalue weighted by Crippen LogP contribution is -2.25. The van der Waals surface area contributed by atoms with Crippen molar-refractivity contribution in [2.75, 3.05) is 5.32 Å². The molecule has 1 amide bonds. The molecule has 8 heteroatoms. The number of rotatable bonds is 7. The third-order valence-electron chi connectivity index (χ3n) is 4.07. The summed E-state index contributed by atoms with van der Waals surface area (Å²) in [6.07, 6.45) is 4.08. The van der Waals surface area contributed by atoms with E-state index in [-0.39, 0.29) is 17.2 Å². The molecule has 0 aromatic carbocycles. The Morgan fingerprint density at radius 2 is 2.12 bits per heavy atom. The van der Waals surface area contributed by atoms with Crippen LogP contribution in [0.4, 0.5) is 5.82 Å². The summed E-state index contributed by atoms with van der Waals surface area (Å²) >= 11 is 1.45. The summed E-state index contributed by atoms with van der Waals surface area (Å²) in [5, 5.41) is 16.4. The van der Waals surface area contributed by atoms with E-state index in [1.54, 1.807) is 10.9 Å². The van der Waals surface area contributed by atoms with Crippen molar-refractivity contribution in [2.45, 2.75) is 69.4 Å². The van der Waals surface area contributed by atoms with Crippen LogP contribution in [0.2, 0.25) is 0 Å². The number of carbonyl (C=O) groups excluding carboxylic acids is 1. The van der Waals surface area contributed by atoms with Crippen molar-refractivity contribution in [1.82, 2.24) is 24.5 Å². The van der Waals surface area contributed by atoms with Gasteiger partial charge >= 0.3 is 0 Å². The van der Waals surface area contributed by atoms with E-state index in [1.165, 1.54) is 24.6 Å². The number of hydrogen-bond donors (Lipinski definition) is 1. The predicted molar refractivity (Wildman–Crippen MR) is 94.2 cm³/mol. The van der Waals surface area contributed by atoms with Crippen LogP contribution in [-0.4, -0.2) is 35.7 Å². The Balaban J connectivity index is 1.67. The smallest absolute Gasteiger partial charge is 0.238 e. The Labute approximate surface area is 146 Å². The number of nitrogens with zero attached hydrogens (tertiary/aromatic N) is 5. The lowest BCUT2D eigenvalue weighted by Gasteiger charge is -2.15. The number of amides is 1. The first kappa shape index (κ1) is 17.0. The number of thioether (sulfide) groups is 1. The van der Waals surface area contributed by atoms with Crippen LogP contribution in [0, 0.1) is 0 Å². The van der Waals surface area contributed by atoms with E-state index in [4.69, 9.17) is 0 Å². The first-order chi connectivity index (χ1) is 11.5. The summed E-state index contributed by atoms with van der Waals surface area (Å²) in [4.78, 5) is 12.5. The second-order valence-corrected chi connectivity index (χ2v) is 7.67. The van der Waals surface area contributed by atoms with Gasteiger partial charge in [0.25, 0.3) is 0 Å². The molecule has 0 radical (unpaired) electrons. The van der Waals surface area contributed by atoms with Gasteiger partial charge in [-0.25, -0.2) is 4.68 Å². The van der Waals surface area contributed by atoms with Crippen molar-refractivity contribution in [3.05, 3.63) is 18.1 Å². The molecule has 1 atom stereocenters. The maximum Gasteiger partial charge on any atom is 0.238 e. The molecule has 0 spiro atoms. The lowest BCUT2D eigenvalue weighted by atomic mass is 10.4. The molecule has 1 fully saturated rings. The molecule has 1 N–H and O–H groups in total. The predicted octanol–water partition coefficient (Wildman–Crippen LogP) is 3.07. The number of nitrogens with one attached hydrogen (secondary N) is 1. The van der Waals surface area contributed by atoms with Gasteiger partial charge in [-0.3, -0.25) is 4.79 Å². The number of anilines is 1. The van der Waals surface area contributed by atoms with E-state index in [0.717, 1.165) is 23.3 Å². The number of hydrogen-bond acceptors (Lipinski definition) is 5. The van der Waals surface area contributed by atoms with Gasteiger partial charge in [0.1, 0.15) is 11.6 Å². The summed E-state index contributed by atoms with van der Waals surface area (Å²) < 4.78 is 3.93. The van der Waals surface area contributed by atoms with E-state index in [1.807, 2.05) is 26.8 Å². The Morgan fingerprint density at radius 3 is 2.75 bits per heavy atom. The topological polar surface area (TPSA) is 77.6 Å². The van der Waals surface area contributed by atoms with E-state index in [0.29, 0.717) is 5.92 Å². The van der Waals surface area contributed by atoms with E-state index in [9.17, 15) is 4.79 Å². The molecule has 1 saturated carbocycles. The minimum Gasteiger partial charge on any atom is -0.310 e. The normalized spacial score (nSPS) is 15.7. The van der Waals surface area contributed by atoms with Crippen molar-refractivity contribution in [3.63, 3.8) is 0 Å². The molecule has 7 nitrogen and oxygen atoms in total. The number of carbonyl (C=O) groups is 1. The van der Waals surface area contributed by atoms with E-state index < -0.39 is 0 Å². The summed E-state index contributed by atoms with van der Waals surface area (Å²) in [7, 11) is 0. The highest BCUT2D eigenvalue weighted by Gasteiger charge is 2.30. The van der Waals surface area contributed by atoms with Crippen LogP contribution in [0.5, 0.6) is 0 Å². The molecule has 130 valence electrons. The zero-order chi connectivity index (χ0) is 17.3. The maximum absolute atomic E-state index is 12.5. The Bertz CT molecular complexity index is 718. The Kier molecular flexibility index (Phi) is 4.93. The number of aromatic nitrogens is 5. The van der Waals surface area contributed by atoms with Crippen molar-refractivity contribution >= 4 is 23.5 Å². The fourth-order valence-electron chi connectivity index (χ4n) is 2.59. The molecule has 0 aliphatic heterocycles. The second-order valence-electron chi connectivity index (χ2n) is 6.36. The first-order valence-corrected chi connectivity index (χ1v) is 9.33. The summed E-state index contributed by atoms with van der Waals surface area (Å²) in [5.41, 5.74) is 0. The van der Waals surface area contributed by atoms with E-state index in [2.05, 4.69) is 32.1 Å². The molecular formula is C16H24N6OS. The fourth-order valence-corrected chi connectivity index (χ4v) is 3.51. The average molecular weight is 348 g/mol. The third-order valence-corrected chi connectivity index (χ3v) is 5.15. The van der Waals surface area contributed by atoms with Crippen LogP contribution in [0.1, 0.15) is 58.3 Å². The molecular weight excluding hydrogens is 324 g/mol. The molecule has 2 aromatic heterocycles. The van der Waals surface area contributed by atoms with Crippen molar-refractivity contribution < 1.29 is 4.79 Å². The standard InChI is InChI=1S/C16H24N6OS/c1-5-21-14(12-6-7-12)19-20-16(21)24-11(4)15(23)18-13-8-9-17-22(13)10(2)3/h8-12H,5-7H2,1-4H3,(H,18,23). The minimum absolute atomic E-state index is 0.0546. The van der Waals surface area contributed by atoms with Gasteiger partial charge in [-0.1, -0.05) is 11.8 Å². The second kappa shape index (κ2) is 6.96. The molecule has 1 aliphatic carbocycles. The van der Waals surface area contributed by atoms with Gasteiger partial charge < -0.3 is 9.88 Å². The highest BCUT2D eigenvalue weighted by molar-refractivity contribution is 8.00. The largest absolute Gasteiger partial charge is 0.310 e. The summed E-state index contributed by atoms with van der Waals surface area (Å²) in [6, 6.07) is 2.01. The van der Waals surface area contributed by atoms with Crippen molar-refractivity contribution in [1.29, 1.82) is 0 Å². The van der Waals surface area contributed by atoms with Crippen LogP contribution in [0.25, 0.3) is 0 Å². The SMILES string of the molecule is CCn1c(SC(C)C(=O)Nc2ccnn2C(C)C)nnc1C1CC1. The quantitative estimate of drug-likeness (QED) is 0.778. The minimum atomic E-state index is -0.262. The zero-order valence-electron chi connectivity index (χ0n) is 14.6. The van der Waals surface area contributed by atoms with Crippen molar-refractivity contribution in [3.8, 4) is 0 Å². The highest BCUT2D eigenvalue weighted by Crippen LogP contribution is 2.40. The highest BCUT2D eigenvalue weighted by atomic mass is 32.2. The maximum atomic E-state index is 12.5. The zero-order valence-corrected chi connectivity index (χ0v) is 15.4. The summed E-state index contributed by atoms with van der Waals surface area (Å²) in [6.45, 7) is 8.87. The van der Waals surface area contributed by atoms with Crippen LogP contribution in [-0.2, 0) is 11.3 Å². The molecule has 2 heterocycles. The lowest BCUT2D eigenvalue weighted by molar-refractivity contribution is -0.115. The Hall–Kier alpha value is -1.83. The molecule has 1 unspecified atom stereocenters. The van der Waals surface area contributed by atoms with Crippen LogP contribution < -0.4 is 5.32 Å². The van der Waals surface area contributed by atoms with Gasteiger partial charge in [0.05, 0.1) is 11.4 Å². The molecule has 0 saturated heterocycles. The van der Waals surface area contributed by atoms with Gasteiger partial charge in [-0.05, 0) is 40.5 Å². The van der Waals surface area contributed by atoms with E-state index >= 15 is 0 Å². The van der Waals surface area contributed by atoms with Gasteiger partial charge in [-0.15, -0.1) is 10.2 Å². The summed E-state index contributed by atoms with van der Waals surface area (Å²) in [5.74, 6) is 2.28. The molecule has 2 aromatic rings. The molecule has 24 heavy (non-hydrogen) atoms. The van der Waals surface area contributed by atoms with Crippen molar-refractivity contribution in [2.24, 2.45) is 0 Å². The Morgan fingerprint density at radius 1 is 1.38 bits per heavy atom. The first-order valence-electron chi connectivity index (χ1n) is 8.45. The van der Waals surface area contributed by atoms with Gasteiger partial charge in [-0.2, -0.15) is 5.10 Å². The molecule has 0 bridgehead atoms. The van der Waals surface area contributed by atoms with Crippen LogP contribution in [0.15, 0.2) is 17.4 Å². The van der Waals surface area contributed by atoms with Gasteiger partial charge in [0, 0.05) is 24.6 Å². The van der Waals surface area contributed by atoms with Crippen LogP contribution in [0.3, 0.4) is 0 Å². The fraction of sp³-hybridized carbons (Fsp3) is 0.625. The molecule has 1 aliphatic rings. The van der Waals surface area contributed by atoms with Crippen LogP contribution >= 0.6 is 11.8 Å².